The van der Waals surface area contributed by atoms with E-state index in [0.29, 0.717) is 16.0 Å². The highest BCUT2D eigenvalue weighted by molar-refractivity contribution is 5.93. The van der Waals surface area contributed by atoms with E-state index >= 15 is 0 Å². The summed E-state index contributed by atoms with van der Waals surface area (Å²) in [4.78, 5) is 12.4. The molecule has 30 heavy (non-hydrogen) atoms. The van der Waals surface area contributed by atoms with Gasteiger partial charge in [0.05, 0.1) is 5.69 Å². The lowest BCUT2D eigenvalue weighted by Gasteiger charge is -2.11. The Morgan fingerprint density at radius 1 is 1.20 bits per heavy atom. The Kier molecular flexibility index (Phi) is 5.96. The average Bonchev–Trinajstić information content (AvgIpc) is 3.17. The van der Waals surface area contributed by atoms with Crippen LogP contribution in [0.4, 0.5) is 17.6 Å². The summed E-state index contributed by atoms with van der Waals surface area (Å²) in [5.74, 6) is -1.34. The van der Waals surface area contributed by atoms with Crippen molar-refractivity contribution >= 4 is 5.91 Å². The van der Waals surface area contributed by atoms with E-state index < -0.39 is 29.3 Å². The van der Waals surface area contributed by atoms with Crippen LogP contribution in [0.2, 0.25) is 0 Å². The minimum absolute atomic E-state index is 0.0994. The van der Waals surface area contributed by atoms with Gasteiger partial charge >= 0.3 is 6.18 Å². The zero-order valence-electron chi connectivity index (χ0n) is 15.2. The highest BCUT2D eigenvalue weighted by Gasteiger charge is 2.42. The molecule has 0 atom stereocenters. The normalized spacial score (nSPS) is 11.0. The minimum Gasteiger partial charge on any atom is -0.479 e. The van der Waals surface area contributed by atoms with E-state index in [1.165, 1.54) is 6.07 Å². The maximum atomic E-state index is 13.6. The molecule has 0 saturated heterocycles. The quantitative estimate of drug-likeness (QED) is 0.619. The molecule has 2 aromatic carbocycles. The van der Waals surface area contributed by atoms with Crippen molar-refractivity contribution in [3.8, 4) is 17.5 Å². The van der Waals surface area contributed by atoms with Gasteiger partial charge in [-0.3, -0.25) is 4.79 Å². The van der Waals surface area contributed by atoms with E-state index in [1.807, 2.05) is 6.07 Å². The number of aromatic nitrogens is 3. The van der Waals surface area contributed by atoms with Gasteiger partial charge in [0.2, 0.25) is 0 Å². The monoisotopic (exact) mass is 419 g/mol. The summed E-state index contributed by atoms with van der Waals surface area (Å²) < 4.78 is 59.5. The van der Waals surface area contributed by atoms with Crippen molar-refractivity contribution in [2.45, 2.75) is 12.7 Å². The van der Waals surface area contributed by atoms with Crippen molar-refractivity contribution in [1.29, 1.82) is 5.26 Å². The first kappa shape index (κ1) is 20.8. The van der Waals surface area contributed by atoms with E-state index in [-0.39, 0.29) is 18.8 Å². The molecule has 0 saturated carbocycles. The topological polar surface area (TPSA) is 92.8 Å². The standard InChI is InChI=1S/C19H13F4N5O2/c20-13-4-6-14(7-5-13)28-17(19(21,22)23)16(26-27-28)18(29)25-11-12-2-1-3-15(10-12)30-9-8-24/h1-7,10H,9,11H2,(H,25,29). The molecular weight excluding hydrogens is 406 g/mol. The minimum atomic E-state index is -4.93. The first-order chi connectivity index (χ1) is 14.3. The Balaban J connectivity index is 1.83. The number of carbonyl (C=O) groups is 1. The SMILES string of the molecule is N#CCOc1cccc(CNC(=O)c2nnn(-c3ccc(F)cc3)c2C(F)(F)F)c1. The molecule has 0 aliphatic rings. The molecule has 11 heteroatoms. The van der Waals surface area contributed by atoms with Gasteiger partial charge in [-0.15, -0.1) is 5.10 Å². The summed E-state index contributed by atoms with van der Waals surface area (Å²) in [6, 6.07) is 12.3. The van der Waals surface area contributed by atoms with Gasteiger partial charge in [-0.25, -0.2) is 9.07 Å². The number of rotatable bonds is 6. The number of halogens is 4. The number of hydrogen-bond donors (Lipinski definition) is 1. The molecule has 7 nitrogen and oxygen atoms in total. The Labute approximate surface area is 167 Å². The first-order valence-corrected chi connectivity index (χ1v) is 8.45. The summed E-state index contributed by atoms with van der Waals surface area (Å²) in [6.45, 7) is -0.277. The van der Waals surface area contributed by atoms with E-state index in [2.05, 4.69) is 15.6 Å². The van der Waals surface area contributed by atoms with Gasteiger partial charge in [0, 0.05) is 6.54 Å². The van der Waals surface area contributed by atoms with Crippen LogP contribution in [0, 0.1) is 17.1 Å². The third-order valence-corrected chi connectivity index (χ3v) is 3.88. The molecule has 0 fully saturated rings. The third-order valence-electron chi connectivity index (χ3n) is 3.88. The number of nitrogens with one attached hydrogen (secondary N) is 1. The molecule has 0 bridgehead atoms. The Morgan fingerprint density at radius 3 is 2.60 bits per heavy atom. The van der Waals surface area contributed by atoms with Crippen molar-refractivity contribution in [3.05, 3.63) is 71.3 Å². The average molecular weight is 419 g/mol. The Morgan fingerprint density at radius 2 is 1.93 bits per heavy atom. The molecular formula is C19H13F4N5O2. The second-order valence-corrected chi connectivity index (χ2v) is 5.95. The molecule has 1 amide bonds. The zero-order valence-corrected chi connectivity index (χ0v) is 15.2. The van der Waals surface area contributed by atoms with E-state index in [1.54, 1.807) is 18.2 Å². The van der Waals surface area contributed by atoms with Crippen LogP contribution in [-0.2, 0) is 12.7 Å². The van der Waals surface area contributed by atoms with Gasteiger partial charge in [-0.1, -0.05) is 17.3 Å². The van der Waals surface area contributed by atoms with Gasteiger partial charge in [0.15, 0.2) is 18.0 Å². The summed E-state index contributed by atoms with van der Waals surface area (Å²) in [5, 5.41) is 17.7. The fourth-order valence-corrected chi connectivity index (χ4v) is 2.58. The lowest BCUT2D eigenvalue weighted by atomic mass is 10.2. The van der Waals surface area contributed by atoms with Crippen molar-refractivity contribution in [3.63, 3.8) is 0 Å². The molecule has 3 rings (SSSR count). The second-order valence-electron chi connectivity index (χ2n) is 5.95. The predicted octanol–water partition coefficient (Wildman–Crippen LogP) is 3.26. The Hall–Kier alpha value is -3.94. The van der Waals surface area contributed by atoms with Crippen LogP contribution in [0.25, 0.3) is 5.69 Å². The van der Waals surface area contributed by atoms with Crippen molar-refractivity contribution in [2.75, 3.05) is 6.61 Å². The molecule has 154 valence electrons. The molecule has 1 N–H and O–H groups in total. The van der Waals surface area contributed by atoms with E-state index in [0.717, 1.165) is 24.3 Å². The molecule has 0 aliphatic heterocycles. The maximum absolute atomic E-state index is 13.6. The lowest BCUT2D eigenvalue weighted by molar-refractivity contribution is -0.143. The van der Waals surface area contributed by atoms with Crippen LogP contribution in [0.1, 0.15) is 21.7 Å². The number of amides is 1. The number of nitrogens with zero attached hydrogens (tertiary/aromatic N) is 4. The van der Waals surface area contributed by atoms with Gasteiger partial charge in [-0.2, -0.15) is 18.4 Å². The van der Waals surface area contributed by atoms with Crippen LogP contribution in [-0.4, -0.2) is 27.5 Å². The number of ether oxygens (including phenoxy) is 1. The summed E-state index contributed by atoms with van der Waals surface area (Å²) >= 11 is 0. The van der Waals surface area contributed by atoms with Gasteiger partial charge in [0.25, 0.3) is 5.91 Å². The van der Waals surface area contributed by atoms with Crippen LogP contribution in [0.5, 0.6) is 5.75 Å². The van der Waals surface area contributed by atoms with E-state index in [9.17, 15) is 22.4 Å². The number of carbonyl (C=O) groups excluding carboxylic acids is 1. The van der Waals surface area contributed by atoms with Crippen LogP contribution < -0.4 is 10.1 Å². The number of nitriles is 1. The Bertz CT molecular complexity index is 1090. The predicted molar refractivity (Wildman–Crippen MR) is 95.0 cm³/mol. The van der Waals surface area contributed by atoms with Crippen molar-refractivity contribution < 1.29 is 27.1 Å². The molecule has 1 heterocycles. The van der Waals surface area contributed by atoms with E-state index in [4.69, 9.17) is 10.00 Å². The smallest absolute Gasteiger partial charge is 0.435 e. The number of hydrogen-bond acceptors (Lipinski definition) is 5. The summed E-state index contributed by atoms with van der Waals surface area (Å²) in [7, 11) is 0. The largest absolute Gasteiger partial charge is 0.479 e. The van der Waals surface area contributed by atoms with Gasteiger partial charge < -0.3 is 10.1 Å². The molecule has 0 radical (unpaired) electrons. The zero-order chi connectivity index (χ0) is 21.7. The number of benzene rings is 2. The fourth-order valence-electron chi connectivity index (χ4n) is 2.58. The van der Waals surface area contributed by atoms with Crippen LogP contribution in [0.15, 0.2) is 48.5 Å². The molecule has 0 aliphatic carbocycles. The van der Waals surface area contributed by atoms with Crippen molar-refractivity contribution in [2.24, 2.45) is 0 Å². The summed E-state index contributed by atoms with van der Waals surface area (Å²) in [6.07, 6.45) is -4.93. The summed E-state index contributed by atoms with van der Waals surface area (Å²) in [5.41, 5.74) is -1.85. The number of alkyl halides is 3. The molecule has 3 aromatic rings. The fraction of sp³-hybridized carbons (Fsp3) is 0.158. The highest BCUT2D eigenvalue weighted by Crippen LogP contribution is 2.32. The highest BCUT2D eigenvalue weighted by atomic mass is 19.4. The van der Waals surface area contributed by atoms with Crippen LogP contribution in [0.3, 0.4) is 0 Å². The maximum Gasteiger partial charge on any atom is 0.435 e. The van der Waals surface area contributed by atoms with Gasteiger partial charge in [0.1, 0.15) is 17.6 Å². The molecule has 0 unspecified atom stereocenters. The third kappa shape index (κ3) is 4.72. The van der Waals surface area contributed by atoms with Gasteiger partial charge in [-0.05, 0) is 42.0 Å². The lowest BCUT2D eigenvalue weighted by Crippen LogP contribution is -2.27. The molecule has 1 aromatic heterocycles. The van der Waals surface area contributed by atoms with Crippen molar-refractivity contribution in [1.82, 2.24) is 20.3 Å². The first-order valence-electron chi connectivity index (χ1n) is 8.45. The second kappa shape index (κ2) is 8.60. The molecule has 0 spiro atoms. The van der Waals surface area contributed by atoms with Crippen LogP contribution >= 0.6 is 0 Å².